The van der Waals surface area contributed by atoms with Gasteiger partial charge in [0, 0.05) is 5.88 Å². The van der Waals surface area contributed by atoms with Gasteiger partial charge in [0.15, 0.2) is 0 Å². The number of benzene rings is 2. The third kappa shape index (κ3) is 3.50. The van der Waals surface area contributed by atoms with Crippen molar-refractivity contribution in [3.63, 3.8) is 0 Å². The molecular weight excluding hydrogens is 232 g/mol. The third-order valence-corrected chi connectivity index (χ3v) is 2.88. The van der Waals surface area contributed by atoms with E-state index < -0.39 is 0 Å². The number of alkyl halides is 1. The molecule has 0 aliphatic heterocycles. The van der Waals surface area contributed by atoms with Crippen LogP contribution in [0, 0.1) is 6.92 Å². The Hall–Kier alpha value is -1.47. The molecule has 0 bridgehead atoms. The van der Waals surface area contributed by atoms with E-state index in [4.69, 9.17) is 16.3 Å². The van der Waals surface area contributed by atoms with Crippen LogP contribution in [0.15, 0.2) is 48.5 Å². The van der Waals surface area contributed by atoms with E-state index in [1.165, 1.54) is 5.56 Å². The molecule has 2 aromatic carbocycles. The SMILES string of the molecule is Cc1ccc(OCc2cccc(CCl)c2)cc1. The second kappa shape index (κ2) is 5.74. The van der Waals surface area contributed by atoms with Crippen LogP contribution in [-0.4, -0.2) is 0 Å². The van der Waals surface area contributed by atoms with Crippen LogP contribution in [-0.2, 0) is 12.5 Å². The molecule has 0 atom stereocenters. The molecule has 2 aromatic rings. The molecule has 0 fully saturated rings. The van der Waals surface area contributed by atoms with Gasteiger partial charge < -0.3 is 4.74 Å². The van der Waals surface area contributed by atoms with E-state index in [2.05, 4.69) is 13.0 Å². The van der Waals surface area contributed by atoms with Crippen LogP contribution in [0.4, 0.5) is 0 Å². The molecule has 2 rings (SSSR count). The molecule has 0 amide bonds. The Morgan fingerprint density at radius 3 is 2.41 bits per heavy atom. The predicted octanol–water partition coefficient (Wildman–Crippen LogP) is 4.31. The average molecular weight is 247 g/mol. The van der Waals surface area contributed by atoms with E-state index >= 15 is 0 Å². The molecule has 0 aliphatic carbocycles. The van der Waals surface area contributed by atoms with Gasteiger partial charge in [-0.3, -0.25) is 0 Å². The summed E-state index contributed by atoms with van der Waals surface area (Å²) in [6.45, 7) is 2.64. The quantitative estimate of drug-likeness (QED) is 0.731. The molecule has 0 radical (unpaired) electrons. The number of halogens is 1. The first-order valence-electron chi connectivity index (χ1n) is 5.61. The minimum absolute atomic E-state index is 0.540. The summed E-state index contributed by atoms with van der Waals surface area (Å²) in [6, 6.07) is 16.2. The predicted molar refractivity (Wildman–Crippen MR) is 71.5 cm³/mol. The van der Waals surface area contributed by atoms with Gasteiger partial charge in [0.1, 0.15) is 12.4 Å². The fraction of sp³-hybridized carbons (Fsp3) is 0.200. The molecule has 2 heteroatoms. The summed E-state index contributed by atoms with van der Waals surface area (Å²) >= 11 is 5.79. The fourth-order valence-corrected chi connectivity index (χ4v) is 1.77. The van der Waals surface area contributed by atoms with Crippen molar-refractivity contribution in [3.05, 3.63) is 65.2 Å². The van der Waals surface area contributed by atoms with Gasteiger partial charge in [-0.15, -0.1) is 11.6 Å². The molecule has 88 valence electrons. The Morgan fingerprint density at radius 2 is 1.71 bits per heavy atom. The summed E-state index contributed by atoms with van der Waals surface area (Å²) < 4.78 is 5.70. The first-order chi connectivity index (χ1) is 8.28. The Bertz CT molecular complexity index is 477. The van der Waals surface area contributed by atoms with E-state index in [9.17, 15) is 0 Å². The van der Waals surface area contributed by atoms with Crippen molar-refractivity contribution >= 4 is 11.6 Å². The van der Waals surface area contributed by atoms with Gasteiger partial charge in [-0.25, -0.2) is 0 Å². The van der Waals surface area contributed by atoms with Crippen molar-refractivity contribution in [1.82, 2.24) is 0 Å². The van der Waals surface area contributed by atoms with Gasteiger partial charge >= 0.3 is 0 Å². The Morgan fingerprint density at radius 1 is 1.00 bits per heavy atom. The zero-order chi connectivity index (χ0) is 12.1. The lowest BCUT2D eigenvalue weighted by Gasteiger charge is -2.07. The summed E-state index contributed by atoms with van der Waals surface area (Å²) in [5.74, 6) is 1.44. The monoisotopic (exact) mass is 246 g/mol. The maximum atomic E-state index is 5.79. The zero-order valence-electron chi connectivity index (χ0n) is 9.82. The van der Waals surface area contributed by atoms with Crippen molar-refractivity contribution in [3.8, 4) is 5.75 Å². The van der Waals surface area contributed by atoms with Crippen molar-refractivity contribution in [2.24, 2.45) is 0 Å². The standard InChI is InChI=1S/C15H15ClO/c1-12-5-7-15(8-6-12)17-11-14-4-2-3-13(9-14)10-16/h2-9H,10-11H2,1H3. The second-order valence-corrected chi connectivity index (χ2v) is 4.32. The normalized spacial score (nSPS) is 10.2. The molecule has 17 heavy (non-hydrogen) atoms. The minimum Gasteiger partial charge on any atom is -0.489 e. The van der Waals surface area contributed by atoms with Crippen LogP contribution in [0.5, 0.6) is 5.75 Å². The van der Waals surface area contributed by atoms with Gasteiger partial charge in [-0.2, -0.15) is 0 Å². The largest absolute Gasteiger partial charge is 0.489 e. The van der Waals surface area contributed by atoms with Crippen molar-refractivity contribution in [1.29, 1.82) is 0 Å². The maximum absolute atomic E-state index is 5.79. The number of hydrogen-bond donors (Lipinski definition) is 0. The van der Waals surface area contributed by atoms with Crippen LogP contribution in [0.3, 0.4) is 0 Å². The lowest BCUT2D eigenvalue weighted by molar-refractivity contribution is 0.306. The van der Waals surface area contributed by atoms with E-state index in [1.54, 1.807) is 0 Å². The average Bonchev–Trinajstić information content (AvgIpc) is 2.38. The molecule has 1 nitrogen and oxygen atoms in total. The van der Waals surface area contributed by atoms with E-state index in [0.29, 0.717) is 12.5 Å². The third-order valence-electron chi connectivity index (χ3n) is 2.57. The number of rotatable bonds is 4. The molecule has 0 unspecified atom stereocenters. The van der Waals surface area contributed by atoms with E-state index in [0.717, 1.165) is 16.9 Å². The second-order valence-electron chi connectivity index (χ2n) is 4.06. The first kappa shape index (κ1) is 12.0. The Labute approximate surface area is 107 Å². The molecule has 0 saturated heterocycles. The zero-order valence-corrected chi connectivity index (χ0v) is 10.6. The van der Waals surface area contributed by atoms with Gasteiger partial charge in [-0.1, -0.05) is 42.0 Å². The van der Waals surface area contributed by atoms with Gasteiger partial charge in [0.05, 0.1) is 0 Å². The summed E-state index contributed by atoms with van der Waals surface area (Å²) in [7, 11) is 0. The highest BCUT2D eigenvalue weighted by Gasteiger charge is 1.97. The van der Waals surface area contributed by atoms with E-state index in [-0.39, 0.29) is 0 Å². The first-order valence-corrected chi connectivity index (χ1v) is 6.14. The fourth-order valence-electron chi connectivity index (χ4n) is 1.60. The van der Waals surface area contributed by atoms with Gasteiger partial charge in [0.2, 0.25) is 0 Å². The molecular formula is C15H15ClO. The number of aryl methyl sites for hydroxylation is 1. The Balaban J connectivity index is 1.99. The molecule has 0 saturated carbocycles. The molecule has 0 N–H and O–H groups in total. The highest BCUT2D eigenvalue weighted by molar-refractivity contribution is 6.17. The van der Waals surface area contributed by atoms with Gasteiger partial charge in [0.25, 0.3) is 0 Å². The molecule has 0 aliphatic rings. The van der Waals surface area contributed by atoms with Crippen LogP contribution in [0.1, 0.15) is 16.7 Å². The molecule has 0 spiro atoms. The molecule has 0 heterocycles. The minimum atomic E-state index is 0.540. The van der Waals surface area contributed by atoms with Crippen molar-refractivity contribution < 1.29 is 4.74 Å². The van der Waals surface area contributed by atoms with Crippen molar-refractivity contribution in [2.45, 2.75) is 19.4 Å². The summed E-state index contributed by atoms with van der Waals surface area (Å²) in [5.41, 5.74) is 3.50. The van der Waals surface area contributed by atoms with E-state index in [1.807, 2.05) is 42.5 Å². The maximum Gasteiger partial charge on any atom is 0.119 e. The summed E-state index contributed by atoms with van der Waals surface area (Å²) in [4.78, 5) is 0. The van der Waals surface area contributed by atoms with Gasteiger partial charge in [-0.05, 0) is 30.2 Å². The lowest BCUT2D eigenvalue weighted by atomic mass is 10.1. The van der Waals surface area contributed by atoms with Crippen LogP contribution >= 0.6 is 11.6 Å². The smallest absolute Gasteiger partial charge is 0.119 e. The highest BCUT2D eigenvalue weighted by atomic mass is 35.5. The summed E-state index contributed by atoms with van der Waals surface area (Å²) in [5, 5.41) is 0. The molecule has 0 aromatic heterocycles. The van der Waals surface area contributed by atoms with Crippen LogP contribution < -0.4 is 4.74 Å². The number of hydrogen-bond acceptors (Lipinski definition) is 1. The summed E-state index contributed by atoms with van der Waals surface area (Å²) in [6.07, 6.45) is 0. The van der Waals surface area contributed by atoms with Crippen LogP contribution in [0.25, 0.3) is 0 Å². The lowest BCUT2D eigenvalue weighted by Crippen LogP contribution is -1.96. The van der Waals surface area contributed by atoms with Crippen LogP contribution in [0.2, 0.25) is 0 Å². The number of ether oxygens (including phenoxy) is 1. The Kier molecular flexibility index (Phi) is 4.05. The van der Waals surface area contributed by atoms with Crippen molar-refractivity contribution in [2.75, 3.05) is 0 Å². The highest BCUT2D eigenvalue weighted by Crippen LogP contribution is 2.14. The topological polar surface area (TPSA) is 9.23 Å².